The van der Waals surface area contributed by atoms with Gasteiger partial charge in [-0.25, -0.2) is 0 Å². The van der Waals surface area contributed by atoms with Crippen LogP contribution in [0.15, 0.2) is 12.2 Å². The number of carbonyl (C=O) groups is 2. The van der Waals surface area contributed by atoms with Crippen molar-refractivity contribution in [2.24, 2.45) is 17.1 Å². The maximum atomic E-state index is 12.0. The van der Waals surface area contributed by atoms with Gasteiger partial charge in [0.05, 0.1) is 6.04 Å². The van der Waals surface area contributed by atoms with Crippen LogP contribution in [0, 0.1) is 11.3 Å². The second-order valence-electron chi connectivity index (χ2n) is 5.76. The Morgan fingerprint density at radius 3 is 2.16 bits per heavy atom. The smallest absolute Gasteiger partial charge is 0.242 e. The van der Waals surface area contributed by atoms with Gasteiger partial charge in [0.15, 0.2) is 0 Å². The summed E-state index contributed by atoms with van der Waals surface area (Å²) in [4.78, 5) is 23.4. The molecule has 0 radical (unpaired) electrons. The first kappa shape index (κ1) is 15.7. The predicted molar refractivity (Wildman–Crippen MR) is 75.3 cm³/mol. The number of amides is 2. The molecular formula is C14H25N3O2. The Bertz CT molecular complexity index is 392. The average Bonchev–Trinajstić information content (AvgIpc) is 2.35. The highest BCUT2D eigenvalue weighted by Crippen LogP contribution is 2.41. The maximum absolute atomic E-state index is 12.0. The van der Waals surface area contributed by atoms with Crippen molar-refractivity contribution in [1.29, 1.82) is 0 Å². The van der Waals surface area contributed by atoms with Gasteiger partial charge in [0.1, 0.15) is 6.04 Å². The molecule has 4 N–H and O–H groups in total. The van der Waals surface area contributed by atoms with Crippen molar-refractivity contribution in [3.63, 3.8) is 0 Å². The van der Waals surface area contributed by atoms with Crippen LogP contribution in [0.3, 0.4) is 0 Å². The molecule has 2 amide bonds. The Labute approximate surface area is 115 Å². The Balaban J connectivity index is 2.51. The van der Waals surface area contributed by atoms with Crippen LogP contribution in [-0.4, -0.2) is 29.9 Å². The molecule has 1 rings (SSSR count). The van der Waals surface area contributed by atoms with Gasteiger partial charge < -0.3 is 16.4 Å². The van der Waals surface area contributed by atoms with Crippen LogP contribution in [0.5, 0.6) is 0 Å². The lowest BCUT2D eigenvalue weighted by molar-refractivity contribution is -0.129. The number of allylic oxidation sites excluding steroid dienone is 1. The third-order valence-corrected chi connectivity index (χ3v) is 4.18. The SMILES string of the molecule is CC1C=C[C@]1(C)[C@@H](C)NC(=O)[C@H](C)NC(=O)[C@H](C)N. The molecule has 0 aromatic carbocycles. The van der Waals surface area contributed by atoms with Crippen LogP contribution in [0.4, 0.5) is 0 Å². The fourth-order valence-corrected chi connectivity index (χ4v) is 2.04. The van der Waals surface area contributed by atoms with E-state index in [1.165, 1.54) is 0 Å². The first-order valence-electron chi connectivity index (χ1n) is 6.74. The second kappa shape index (κ2) is 5.74. The molecule has 0 saturated carbocycles. The Hall–Kier alpha value is -1.36. The van der Waals surface area contributed by atoms with Gasteiger partial charge in [-0.1, -0.05) is 26.0 Å². The molecule has 0 spiro atoms. The van der Waals surface area contributed by atoms with Gasteiger partial charge in [0, 0.05) is 11.5 Å². The van der Waals surface area contributed by atoms with E-state index in [-0.39, 0.29) is 23.3 Å². The molecule has 0 saturated heterocycles. The predicted octanol–water partition coefficient (Wildman–Crippen LogP) is 0.555. The summed E-state index contributed by atoms with van der Waals surface area (Å²) >= 11 is 0. The molecule has 0 aromatic heterocycles. The zero-order chi connectivity index (χ0) is 14.8. The lowest BCUT2D eigenvalue weighted by atomic mass is 9.65. The third-order valence-electron chi connectivity index (χ3n) is 4.18. The van der Waals surface area contributed by atoms with Crippen molar-refractivity contribution in [3.05, 3.63) is 12.2 Å². The van der Waals surface area contributed by atoms with Crippen LogP contribution in [0.25, 0.3) is 0 Å². The molecular weight excluding hydrogens is 242 g/mol. The van der Waals surface area contributed by atoms with Gasteiger partial charge in [-0.05, 0) is 26.7 Å². The van der Waals surface area contributed by atoms with E-state index >= 15 is 0 Å². The van der Waals surface area contributed by atoms with Crippen molar-refractivity contribution in [3.8, 4) is 0 Å². The minimum Gasteiger partial charge on any atom is -0.351 e. The normalized spacial score (nSPS) is 29.9. The van der Waals surface area contributed by atoms with Crippen LogP contribution in [0.2, 0.25) is 0 Å². The standard InChI is InChI=1S/C14H25N3O2/c1-8-6-7-14(8,5)11(4)17-13(19)10(3)16-12(18)9(2)15/h6-11H,15H2,1-5H3,(H,16,18)(H,17,19)/t8?,9-,10-,11+,14-/m0/s1. The molecule has 0 aliphatic heterocycles. The minimum atomic E-state index is -0.611. The molecule has 108 valence electrons. The Kier molecular flexibility index (Phi) is 4.74. The monoisotopic (exact) mass is 267 g/mol. The largest absolute Gasteiger partial charge is 0.351 e. The number of hydrogen-bond donors (Lipinski definition) is 3. The number of hydrogen-bond acceptors (Lipinski definition) is 3. The first-order chi connectivity index (χ1) is 8.68. The van der Waals surface area contributed by atoms with Crippen molar-refractivity contribution in [2.75, 3.05) is 0 Å². The molecule has 1 aliphatic rings. The second-order valence-corrected chi connectivity index (χ2v) is 5.76. The lowest BCUT2D eigenvalue weighted by Crippen LogP contribution is -2.55. The topological polar surface area (TPSA) is 84.2 Å². The minimum absolute atomic E-state index is 0.0133. The molecule has 0 heterocycles. The number of rotatable bonds is 5. The molecule has 0 bridgehead atoms. The van der Waals surface area contributed by atoms with E-state index < -0.39 is 12.1 Å². The lowest BCUT2D eigenvalue weighted by Gasteiger charge is -2.44. The molecule has 5 nitrogen and oxygen atoms in total. The van der Waals surface area contributed by atoms with E-state index in [4.69, 9.17) is 5.73 Å². The van der Waals surface area contributed by atoms with Gasteiger partial charge in [-0.2, -0.15) is 0 Å². The van der Waals surface area contributed by atoms with E-state index in [0.29, 0.717) is 5.92 Å². The molecule has 5 heteroatoms. The highest BCUT2D eigenvalue weighted by molar-refractivity contribution is 5.89. The van der Waals surface area contributed by atoms with Gasteiger partial charge in [-0.3, -0.25) is 9.59 Å². The van der Waals surface area contributed by atoms with Crippen molar-refractivity contribution >= 4 is 11.8 Å². The van der Waals surface area contributed by atoms with Crippen molar-refractivity contribution in [1.82, 2.24) is 10.6 Å². The fourth-order valence-electron chi connectivity index (χ4n) is 2.04. The number of nitrogens with two attached hydrogens (primary N) is 1. The Morgan fingerprint density at radius 1 is 1.21 bits per heavy atom. The quantitative estimate of drug-likeness (QED) is 0.636. The summed E-state index contributed by atoms with van der Waals surface area (Å²) in [7, 11) is 0. The summed E-state index contributed by atoms with van der Waals surface area (Å²) in [6, 6.07) is -1.17. The number of carbonyl (C=O) groups excluding carboxylic acids is 2. The summed E-state index contributed by atoms with van der Waals surface area (Å²) in [6.07, 6.45) is 4.25. The van der Waals surface area contributed by atoms with E-state index in [2.05, 4.69) is 36.6 Å². The van der Waals surface area contributed by atoms with E-state index in [0.717, 1.165) is 0 Å². The highest BCUT2D eigenvalue weighted by Gasteiger charge is 2.39. The molecule has 19 heavy (non-hydrogen) atoms. The fraction of sp³-hybridized carbons (Fsp3) is 0.714. The van der Waals surface area contributed by atoms with Crippen molar-refractivity contribution in [2.45, 2.75) is 52.7 Å². The van der Waals surface area contributed by atoms with Gasteiger partial charge in [-0.15, -0.1) is 0 Å². The van der Waals surface area contributed by atoms with E-state index in [1.807, 2.05) is 6.92 Å². The molecule has 1 unspecified atom stereocenters. The van der Waals surface area contributed by atoms with Crippen LogP contribution in [-0.2, 0) is 9.59 Å². The zero-order valence-electron chi connectivity index (χ0n) is 12.4. The molecule has 0 aromatic rings. The highest BCUT2D eigenvalue weighted by atomic mass is 16.2. The molecule has 5 atom stereocenters. The maximum Gasteiger partial charge on any atom is 0.242 e. The average molecular weight is 267 g/mol. The summed E-state index contributed by atoms with van der Waals surface area (Å²) in [5, 5.41) is 5.54. The van der Waals surface area contributed by atoms with Gasteiger partial charge >= 0.3 is 0 Å². The third kappa shape index (κ3) is 3.35. The van der Waals surface area contributed by atoms with Crippen LogP contribution in [0.1, 0.15) is 34.6 Å². The van der Waals surface area contributed by atoms with Crippen LogP contribution < -0.4 is 16.4 Å². The van der Waals surface area contributed by atoms with E-state index in [1.54, 1.807) is 13.8 Å². The summed E-state index contributed by atoms with van der Waals surface area (Å²) in [5.74, 6) is -0.0644. The summed E-state index contributed by atoms with van der Waals surface area (Å²) in [5.41, 5.74) is 5.44. The number of nitrogens with one attached hydrogen (secondary N) is 2. The van der Waals surface area contributed by atoms with Crippen molar-refractivity contribution < 1.29 is 9.59 Å². The van der Waals surface area contributed by atoms with E-state index in [9.17, 15) is 9.59 Å². The Morgan fingerprint density at radius 2 is 1.79 bits per heavy atom. The molecule has 1 aliphatic carbocycles. The summed E-state index contributed by atoms with van der Waals surface area (Å²) in [6.45, 7) is 9.48. The van der Waals surface area contributed by atoms with Crippen LogP contribution >= 0.6 is 0 Å². The van der Waals surface area contributed by atoms with Gasteiger partial charge in [0.2, 0.25) is 11.8 Å². The molecule has 0 fully saturated rings. The van der Waals surface area contributed by atoms with Gasteiger partial charge in [0.25, 0.3) is 0 Å². The summed E-state index contributed by atoms with van der Waals surface area (Å²) < 4.78 is 0. The first-order valence-corrected chi connectivity index (χ1v) is 6.74. The zero-order valence-corrected chi connectivity index (χ0v) is 12.4.